The number of rotatable bonds is 3. The van der Waals surface area contributed by atoms with Crippen molar-refractivity contribution in [2.75, 3.05) is 33.4 Å². The van der Waals surface area contributed by atoms with Gasteiger partial charge >= 0.3 is 0 Å². The quantitative estimate of drug-likeness (QED) is 0.902. The molecular weight excluding hydrogens is 354 g/mol. The molecule has 0 bridgehead atoms. The average molecular weight is 370 g/mol. The highest BCUT2D eigenvalue weighted by molar-refractivity contribution is 9.10. The molecule has 0 spiro atoms. The van der Waals surface area contributed by atoms with Crippen LogP contribution >= 0.6 is 27.3 Å². The molecule has 2 amide bonds. The first-order valence-corrected chi connectivity index (χ1v) is 7.85. The zero-order valence-electron chi connectivity index (χ0n) is 12.0. The SMILES string of the molecule is CN(C)C(=O)CN(C)C(=O)c1sc2ccc(Br)cc2c1N. The van der Waals surface area contributed by atoms with Crippen LogP contribution in [0.2, 0.25) is 0 Å². The number of nitrogens with zero attached hydrogens (tertiary/aromatic N) is 2. The maximum absolute atomic E-state index is 12.5. The Kier molecular flexibility index (Phi) is 4.53. The van der Waals surface area contributed by atoms with Crippen molar-refractivity contribution < 1.29 is 9.59 Å². The Morgan fingerprint density at radius 3 is 2.57 bits per heavy atom. The number of nitrogen functional groups attached to an aromatic ring is 1. The van der Waals surface area contributed by atoms with Crippen LogP contribution in [-0.2, 0) is 4.79 Å². The Morgan fingerprint density at radius 1 is 1.29 bits per heavy atom. The minimum absolute atomic E-state index is 0.0310. The number of benzene rings is 1. The van der Waals surface area contributed by atoms with E-state index in [0.717, 1.165) is 14.6 Å². The number of likely N-dealkylation sites (N-methyl/N-ethyl adjacent to an activating group) is 2. The number of hydrogen-bond donors (Lipinski definition) is 1. The van der Waals surface area contributed by atoms with Gasteiger partial charge in [-0.15, -0.1) is 11.3 Å². The van der Waals surface area contributed by atoms with Crippen molar-refractivity contribution in [3.05, 3.63) is 27.5 Å². The molecule has 5 nitrogen and oxygen atoms in total. The smallest absolute Gasteiger partial charge is 0.266 e. The van der Waals surface area contributed by atoms with Gasteiger partial charge in [-0.05, 0) is 18.2 Å². The van der Waals surface area contributed by atoms with Gasteiger partial charge in [-0.25, -0.2) is 0 Å². The van der Waals surface area contributed by atoms with Gasteiger partial charge in [0, 0.05) is 35.7 Å². The summed E-state index contributed by atoms with van der Waals surface area (Å²) in [7, 11) is 4.92. The molecule has 0 fully saturated rings. The van der Waals surface area contributed by atoms with Gasteiger partial charge in [0.15, 0.2) is 0 Å². The molecule has 1 aromatic heterocycles. The molecule has 1 heterocycles. The molecule has 112 valence electrons. The summed E-state index contributed by atoms with van der Waals surface area (Å²) in [6, 6.07) is 5.72. The normalized spacial score (nSPS) is 10.7. The number of anilines is 1. The number of thiophene rings is 1. The van der Waals surface area contributed by atoms with Crippen LogP contribution in [0.15, 0.2) is 22.7 Å². The van der Waals surface area contributed by atoms with E-state index in [1.165, 1.54) is 21.1 Å². The van der Waals surface area contributed by atoms with Gasteiger partial charge < -0.3 is 15.5 Å². The van der Waals surface area contributed by atoms with Crippen molar-refractivity contribution in [3.8, 4) is 0 Å². The monoisotopic (exact) mass is 369 g/mol. The lowest BCUT2D eigenvalue weighted by Gasteiger charge is -2.18. The van der Waals surface area contributed by atoms with Crippen molar-refractivity contribution in [2.24, 2.45) is 0 Å². The minimum Gasteiger partial charge on any atom is -0.397 e. The maximum atomic E-state index is 12.5. The number of amides is 2. The highest BCUT2D eigenvalue weighted by Gasteiger charge is 2.21. The second kappa shape index (κ2) is 6.03. The van der Waals surface area contributed by atoms with E-state index in [9.17, 15) is 9.59 Å². The van der Waals surface area contributed by atoms with E-state index in [-0.39, 0.29) is 18.4 Å². The molecule has 0 aliphatic carbocycles. The Morgan fingerprint density at radius 2 is 1.95 bits per heavy atom. The van der Waals surface area contributed by atoms with Crippen molar-refractivity contribution in [2.45, 2.75) is 0 Å². The van der Waals surface area contributed by atoms with E-state index >= 15 is 0 Å². The van der Waals surface area contributed by atoms with E-state index in [0.29, 0.717) is 10.6 Å². The highest BCUT2D eigenvalue weighted by atomic mass is 79.9. The Hall–Kier alpha value is -1.60. The fourth-order valence-corrected chi connectivity index (χ4v) is 3.30. The van der Waals surface area contributed by atoms with E-state index in [1.54, 1.807) is 21.1 Å². The second-order valence-electron chi connectivity index (χ2n) is 4.93. The first-order chi connectivity index (χ1) is 9.81. The molecule has 0 radical (unpaired) electrons. The third-order valence-electron chi connectivity index (χ3n) is 3.10. The molecule has 0 saturated carbocycles. The van der Waals surface area contributed by atoms with Gasteiger partial charge in [-0.3, -0.25) is 9.59 Å². The molecule has 1 aromatic carbocycles. The largest absolute Gasteiger partial charge is 0.397 e. The van der Waals surface area contributed by atoms with Gasteiger partial charge in [0.25, 0.3) is 5.91 Å². The van der Waals surface area contributed by atoms with E-state index in [2.05, 4.69) is 15.9 Å². The third-order valence-corrected chi connectivity index (χ3v) is 4.77. The van der Waals surface area contributed by atoms with Gasteiger partial charge in [-0.2, -0.15) is 0 Å². The molecule has 2 rings (SSSR count). The van der Waals surface area contributed by atoms with Crippen LogP contribution in [-0.4, -0.2) is 49.3 Å². The number of carbonyl (C=O) groups is 2. The molecule has 0 aliphatic rings. The molecule has 0 saturated heterocycles. The number of nitrogens with two attached hydrogens (primary N) is 1. The molecule has 21 heavy (non-hydrogen) atoms. The maximum Gasteiger partial charge on any atom is 0.266 e. The zero-order chi connectivity index (χ0) is 15.7. The molecule has 7 heteroatoms. The van der Waals surface area contributed by atoms with E-state index in [4.69, 9.17) is 5.73 Å². The van der Waals surface area contributed by atoms with E-state index < -0.39 is 0 Å². The summed E-state index contributed by atoms with van der Waals surface area (Å²) < 4.78 is 1.86. The van der Waals surface area contributed by atoms with Crippen LogP contribution in [0.25, 0.3) is 10.1 Å². The second-order valence-corrected chi connectivity index (χ2v) is 6.90. The Balaban J connectivity index is 2.31. The summed E-state index contributed by atoms with van der Waals surface area (Å²) in [6.45, 7) is 0.0310. The predicted molar refractivity (Wildman–Crippen MR) is 89.6 cm³/mol. The van der Waals surface area contributed by atoms with E-state index in [1.807, 2.05) is 18.2 Å². The van der Waals surface area contributed by atoms with Crippen LogP contribution in [0, 0.1) is 0 Å². The predicted octanol–water partition coefficient (Wildman–Crippen LogP) is 2.41. The summed E-state index contributed by atoms with van der Waals surface area (Å²) >= 11 is 4.74. The Labute approximate surface area is 135 Å². The molecule has 0 aliphatic heterocycles. The van der Waals surface area contributed by atoms with Crippen molar-refractivity contribution in [1.29, 1.82) is 0 Å². The first-order valence-electron chi connectivity index (χ1n) is 6.24. The summed E-state index contributed by atoms with van der Waals surface area (Å²) in [5.41, 5.74) is 6.55. The number of fused-ring (bicyclic) bond motifs is 1. The van der Waals surface area contributed by atoms with Gasteiger partial charge in [-0.1, -0.05) is 15.9 Å². The van der Waals surface area contributed by atoms with Crippen LogP contribution in [0.4, 0.5) is 5.69 Å². The molecule has 2 aromatic rings. The Bertz CT molecular complexity index is 712. The van der Waals surface area contributed by atoms with Crippen LogP contribution in [0.3, 0.4) is 0 Å². The van der Waals surface area contributed by atoms with Crippen molar-refractivity contribution >= 4 is 54.9 Å². The molecule has 2 N–H and O–H groups in total. The van der Waals surface area contributed by atoms with Crippen molar-refractivity contribution in [1.82, 2.24) is 9.80 Å². The lowest BCUT2D eigenvalue weighted by molar-refractivity contribution is -0.129. The molecule has 0 atom stereocenters. The van der Waals surface area contributed by atoms with Crippen LogP contribution < -0.4 is 5.73 Å². The summed E-state index contributed by atoms with van der Waals surface area (Å²) in [6.07, 6.45) is 0. The summed E-state index contributed by atoms with van der Waals surface area (Å²) in [5, 5.41) is 0.852. The minimum atomic E-state index is -0.236. The fourth-order valence-electron chi connectivity index (χ4n) is 1.84. The zero-order valence-corrected chi connectivity index (χ0v) is 14.4. The van der Waals surface area contributed by atoms with Crippen LogP contribution in [0.5, 0.6) is 0 Å². The van der Waals surface area contributed by atoms with Gasteiger partial charge in [0.05, 0.1) is 12.2 Å². The number of carbonyl (C=O) groups excluding carboxylic acids is 2. The van der Waals surface area contributed by atoms with Gasteiger partial charge in [0.2, 0.25) is 5.91 Å². The standard InChI is InChI=1S/C14H16BrN3O2S/c1-17(2)11(19)7-18(3)14(20)13-12(16)9-6-8(15)4-5-10(9)21-13/h4-6H,7,16H2,1-3H3. The molecule has 0 unspecified atom stereocenters. The topological polar surface area (TPSA) is 66.6 Å². The van der Waals surface area contributed by atoms with Gasteiger partial charge in [0.1, 0.15) is 4.88 Å². The first kappa shape index (κ1) is 15.8. The van der Waals surface area contributed by atoms with Crippen LogP contribution in [0.1, 0.15) is 9.67 Å². The number of hydrogen-bond acceptors (Lipinski definition) is 4. The highest BCUT2D eigenvalue weighted by Crippen LogP contribution is 2.35. The van der Waals surface area contributed by atoms with Crippen molar-refractivity contribution in [3.63, 3.8) is 0 Å². The lowest BCUT2D eigenvalue weighted by Crippen LogP contribution is -2.37. The average Bonchev–Trinajstić information content (AvgIpc) is 2.75. The summed E-state index contributed by atoms with van der Waals surface area (Å²) in [4.78, 5) is 27.5. The third kappa shape index (κ3) is 3.19. The lowest BCUT2D eigenvalue weighted by atomic mass is 10.2. The number of halogens is 1. The summed E-state index contributed by atoms with van der Waals surface area (Å²) in [5.74, 6) is -0.367. The fraction of sp³-hybridized carbons (Fsp3) is 0.286. The molecular formula is C14H16BrN3O2S.